The Balaban J connectivity index is 2.84. The van der Waals surface area contributed by atoms with E-state index in [2.05, 4.69) is 11.9 Å². The van der Waals surface area contributed by atoms with Crippen LogP contribution in [-0.4, -0.2) is 43.9 Å². The summed E-state index contributed by atoms with van der Waals surface area (Å²) in [5, 5.41) is 12.6. The molecule has 2 N–H and O–H groups in total. The lowest BCUT2D eigenvalue weighted by atomic mass is 10.2. The molecular formula is C15H22N2O3. The normalized spacial score (nSPS) is 11.8. The Kier molecular flexibility index (Phi) is 6.76. The van der Waals surface area contributed by atoms with Crippen LogP contribution in [0.5, 0.6) is 0 Å². The summed E-state index contributed by atoms with van der Waals surface area (Å²) in [6, 6.07) is 7.47. The van der Waals surface area contributed by atoms with E-state index in [4.69, 9.17) is 4.74 Å². The van der Waals surface area contributed by atoms with Crippen molar-refractivity contribution < 1.29 is 14.6 Å². The second-order valence-corrected chi connectivity index (χ2v) is 4.53. The molecule has 20 heavy (non-hydrogen) atoms. The maximum absolute atomic E-state index is 11.1. The number of ether oxygens (including phenoxy) is 1. The Bertz CT molecular complexity index is 448. The number of rotatable bonds is 8. The molecular weight excluding hydrogens is 256 g/mol. The molecule has 1 aromatic carbocycles. The van der Waals surface area contributed by atoms with Gasteiger partial charge in [-0.25, -0.2) is 0 Å². The van der Waals surface area contributed by atoms with Gasteiger partial charge in [0.25, 0.3) is 0 Å². The largest absolute Gasteiger partial charge is 0.389 e. The first-order valence-corrected chi connectivity index (χ1v) is 6.47. The number of amides is 1. The molecule has 5 heteroatoms. The van der Waals surface area contributed by atoms with Crippen LogP contribution in [0, 0.1) is 0 Å². The topological polar surface area (TPSA) is 61.8 Å². The zero-order valence-electron chi connectivity index (χ0n) is 12.0. The van der Waals surface area contributed by atoms with Crippen molar-refractivity contribution in [3.63, 3.8) is 0 Å². The molecule has 0 bridgehead atoms. The van der Waals surface area contributed by atoms with Crippen molar-refractivity contribution in [2.45, 2.75) is 13.0 Å². The van der Waals surface area contributed by atoms with E-state index in [0.717, 1.165) is 11.4 Å². The highest BCUT2D eigenvalue weighted by molar-refractivity contribution is 5.89. The summed E-state index contributed by atoms with van der Waals surface area (Å²) in [6.45, 7) is 6.51. The highest BCUT2D eigenvalue weighted by Crippen LogP contribution is 2.20. The van der Waals surface area contributed by atoms with Crippen LogP contribution < -0.4 is 10.2 Å². The zero-order valence-corrected chi connectivity index (χ0v) is 12.0. The second-order valence-electron chi connectivity index (χ2n) is 4.53. The summed E-state index contributed by atoms with van der Waals surface area (Å²) in [4.78, 5) is 13.1. The van der Waals surface area contributed by atoms with Crippen LogP contribution in [0.4, 0.5) is 11.4 Å². The number of aliphatic hydroxyl groups is 1. The fourth-order valence-electron chi connectivity index (χ4n) is 1.92. The van der Waals surface area contributed by atoms with E-state index in [1.165, 1.54) is 6.92 Å². The molecule has 0 fully saturated rings. The van der Waals surface area contributed by atoms with Gasteiger partial charge in [-0.3, -0.25) is 4.79 Å². The van der Waals surface area contributed by atoms with Crippen LogP contribution in [-0.2, 0) is 9.53 Å². The third kappa shape index (κ3) is 5.42. The SMILES string of the molecule is C=CCN(CC(O)COC)c1cccc(NC(C)=O)c1. The van der Waals surface area contributed by atoms with E-state index >= 15 is 0 Å². The second kappa shape index (κ2) is 8.35. The lowest BCUT2D eigenvalue weighted by Gasteiger charge is -2.26. The molecule has 0 aromatic heterocycles. The van der Waals surface area contributed by atoms with Gasteiger partial charge in [-0.05, 0) is 18.2 Å². The lowest BCUT2D eigenvalue weighted by Crippen LogP contribution is -2.35. The molecule has 0 aliphatic carbocycles. The van der Waals surface area contributed by atoms with Crippen LogP contribution in [0.25, 0.3) is 0 Å². The van der Waals surface area contributed by atoms with Gasteiger partial charge in [0.15, 0.2) is 0 Å². The minimum Gasteiger partial charge on any atom is -0.389 e. The molecule has 0 saturated carbocycles. The first-order chi connectivity index (χ1) is 9.56. The Morgan fingerprint density at radius 3 is 2.95 bits per heavy atom. The van der Waals surface area contributed by atoms with Crippen LogP contribution in [0.3, 0.4) is 0 Å². The molecule has 0 aliphatic heterocycles. The van der Waals surface area contributed by atoms with Gasteiger partial charge in [0.05, 0.1) is 12.7 Å². The summed E-state index contributed by atoms with van der Waals surface area (Å²) < 4.78 is 4.94. The minimum absolute atomic E-state index is 0.114. The number of nitrogens with one attached hydrogen (secondary N) is 1. The molecule has 5 nitrogen and oxygen atoms in total. The predicted octanol–water partition coefficient (Wildman–Crippen LogP) is 1.64. The highest BCUT2D eigenvalue weighted by Gasteiger charge is 2.12. The molecule has 0 aliphatic rings. The Labute approximate surface area is 119 Å². The van der Waals surface area contributed by atoms with Gasteiger partial charge >= 0.3 is 0 Å². The van der Waals surface area contributed by atoms with E-state index < -0.39 is 6.10 Å². The summed E-state index contributed by atoms with van der Waals surface area (Å²) in [5.41, 5.74) is 1.64. The van der Waals surface area contributed by atoms with Gasteiger partial charge in [-0.1, -0.05) is 12.1 Å². The Hall–Kier alpha value is -1.85. The number of hydrogen-bond donors (Lipinski definition) is 2. The van der Waals surface area contributed by atoms with E-state index in [1.54, 1.807) is 13.2 Å². The number of anilines is 2. The van der Waals surface area contributed by atoms with E-state index in [0.29, 0.717) is 13.1 Å². The molecule has 0 saturated heterocycles. The molecule has 1 unspecified atom stereocenters. The summed E-state index contributed by atoms with van der Waals surface area (Å²) >= 11 is 0. The van der Waals surface area contributed by atoms with Crippen LogP contribution >= 0.6 is 0 Å². The third-order valence-corrected chi connectivity index (χ3v) is 2.67. The number of carbonyl (C=O) groups is 1. The number of methoxy groups -OCH3 is 1. The molecule has 0 heterocycles. The van der Waals surface area contributed by atoms with Crippen LogP contribution in [0.1, 0.15) is 6.92 Å². The number of carbonyl (C=O) groups excluding carboxylic acids is 1. The number of hydrogen-bond acceptors (Lipinski definition) is 4. The first-order valence-electron chi connectivity index (χ1n) is 6.47. The van der Waals surface area contributed by atoms with Crippen LogP contribution in [0.2, 0.25) is 0 Å². The number of aliphatic hydroxyl groups excluding tert-OH is 1. The van der Waals surface area contributed by atoms with Gasteiger partial charge in [0.2, 0.25) is 5.91 Å². The predicted molar refractivity (Wildman–Crippen MR) is 81.0 cm³/mol. The maximum atomic E-state index is 11.1. The molecule has 1 amide bonds. The summed E-state index contributed by atoms with van der Waals surface area (Å²) in [7, 11) is 1.55. The third-order valence-electron chi connectivity index (χ3n) is 2.67. The van der Waals surface area contributed by atoms with Gasteiger partial charge in [-0.2, -0.15) is 0 Å². The van der Waals surface area contributed by atoms with E-state index in [1.807, 2.05) is 29.2 Å². The van der Waals surface area contributed by atoms with Crippen molar-refractivity contribution in [3.8, 4) is 0 Å². The van der Waals surface area contributed by atoms with Crippen molar-refractivity contribution in [3.05, 3.63) is 36.9 Å². The van der Waals surface area contributed by atoms with Crippen molar-refractivity contribution in [2.24, 2.45) is 0 Å². The highest BCUT2D eigenvalue weighted by atomic mass is 16.5. The van der Waals surface area contributed by atoms with Crippen molar-refractivity contribution in [1.29, 1.82) is 0 Å². The lowest BCUT2D eigenvalue weighted by molar-refractivity contribution is -0.114. The molecule has 110 valence electrons. The molecule has 1 atom stereocenters. The molecule has 1 aromatic rings. The van der Waals surface area contributed by atoms with Crippen molar-refractivity contribution in [1.82, 2.24) is 0 Å². The first kappa shape index (κ1) is 16.2. The summed E-state index contributed by atoms with van der Waals surface area (Å²) in [5.74, 6) is -0.114. The maximum Gasteiger partial charge on any atom is 0.221 e. The van der Waals surface area contributed by atoms with Gasteiger partial charge in [0, 0.05) is 38.5 Å². The quantitative estimate of drug-likeness (QED) is 0.710. The molecule has 0 radical (unpaired) electrons. The van der Waals surface area contributed by atoms with Gasteiger partial charge in [-0.15, -0.1) is 6.58 Å². The van der Waals surface area contributed by atoms with Crippen molar-refractivity contribution in [2.75, 3.05) is 37.0 Å². The molecule has 1 rings (SSSR count). The average molecular weight is 278 g/mol. The van der Waals surface area contributed by atoms with Crippen molar-refractivity contribution >= 4 is 17.3 Å². The van der Waals surface area contributed by atoms with E-state index in [9.17, 15) is 9.90 Å². The zero-order chi connectivity index (χ0) is 15.0. The minimum atomic E-state index is -0.579. The number of benzene rings is 1. The Morgan fingerprint density at radius 2 is 2.35 bits per heavy atom. The van der Waals surface area contributed by atoms with E-state index in [-0.39, 0.29) is 12.5 Å². The fourth-order valence-corrected chi connectivity index (χ4v) is 1.92. The monoisotopic (exact) mass is 278 g/mol. The van der Waals surface area contributed by atoms with Gasteiger partial charge < -0.3 is 20.1 Å². The molecule has 0 spiro atoms. The fraction of sp³-hybridized carbons (Fsp3) is 0.400. The summed E-state index contributed by atoms with van der Waals surface area (Å²) in [6.07, 6.45) is 1.19. The Morgan fingerprint density at radius 1 is 1.60 bits per heavy atom. The average Bonchev–Trinajstić information content (AvgIpc) is 2.38. The smallest absolute Gasteiger partial charge is 0.221 e. The van der Waals surface area contributed by atoms with Crippen LogP contribution in [0.15, 0.2) is 36.9 Å². The number of nitrogens with zero attached hydrogens (tertiary/aromatic N) is 1. The van der Waals surface area contributed by atoms with Gasteiger partial charge in [0.1, 0.15) is 0 Å². The standard InChI is InChI=1S/C15H22N2O3/c1-4-8-17(10-15(19)11-20-3)14-7-5-6-13(9-14)16-12(2)18/h4-7,9,15,19H,1,8,10-11H2,2-3H3,(H,16,18).